The van der Waals surface area contributed by atoms with Gasteiger partial charge in [0.1, 0.15) is 11.9 Å². The molecule has 3 aromatic rings. The minimum Gasteiger partial charge on any atom is -0.493 e. The fourth-order valence-corrected chi connectivity index (χ4v) is 2.68. The number of aromatic nitrogens is 2. The highest BCUT2D eigenvalue weighted by Gasteiger charge is 2.13. The molecule has 0 saturated carbocycles. The van der Waals surface area contributed by atoms with Crippen LogP contribution in [0.3, 0.4) is 0 Å². The van der Waals surface area contributed by atoms with E-state index in [1.165, 1.54) is 19.2 Å². The predicted octanol–water partition coefficient (Wildman–Crippen LogP) is 4.85. The van der Waals surface area contributed by atoms with Crippen LogP contribution in [0.25, 0.3) is 22.7 Å². The van der Waals surface area contributed by atoms with Crippen LogP contribution in [0.5, 0.6) is 11.5 Å². The summed E-state index contributed by atoms with van der Waals surface area (Å²) in [5.41, 5.74) is 4.76. The van der Waals surface area contributed by atoms with E-state index in [-0.39, 0.29) is 11.5 Å². The molecule has 0 spiro atoms. The highest BCUT2D eigenvalue weighted by Crippen LogP contribution is 2.31. The number of aromatic amines is 1. The second-order valence-electron chi connectivity index (χ2n) is 6.00. The summed E-state index contributed by atoms with van der Waals surface area (Å²) < 4.78 is 34.4. The van der Waals surface area contributed by atoms with Gasteiger partial charge in [-0.25, -0.2) is 4.98 Å². The maximum absolute atomic E-state index is 12.4. The molecule has 7 heteroatoms. The third-order valence-corrected chi connectivity index (χ3v) is 4.19. The van der Waals surface area contributed by atoms with E-state index < -0.39 is 6.61 Å². The molecule has 0 aliphatic rings. The Morgan fingerprint density at radius 3 is 2.59 bits per heavy atom. The Hall–Kier alpha value is -3.40. The number of hydrogen-bond acceptors (Lipinski definition) is 4. The lowest BCUT2D eigenvalue weighted by Gasteiger charge is -2.10. The number of halogens is 2. The first kappa shape index (κ1) is 18.4. The number of aryl methyl sites for hydroxylation is 2. The smallest absolute Gasteiger partial charge is 0.387 e. The number of imidazole rings is 1. The number of alkyl halides is 2. The van der Waals surface area contributed by atoms with Crippen molar-refractivity contribution in [2.24, 2.45) is 0 Å². The van der Waals surface area contributed by atoms with Gasteiger partial charge in [-0.2, -0.15) is 14.0 Å². The molecule has 0 aliphatic heterocycles. The summed E-state index contributed by atoms with van der Waals surface area (Å²) in [6, 6.07) is 10.5. The van der Waals surface area contributed by atoms with Gasteiger partial charge in [0.15, 0.2) is 11.5 Å². The summed E-state index contributed by atoms with van der Waals surface area (Å²) in [5, 5.41) is 9.54. The van der Waals surface area contributed by atoms with Gasteiger partial charge >= 0.3 is 6.61 Å². The summed E-state index contributed by atoms with van der Waals surface area (Å²) in [4.78, 5) is 7.62. The Balaban J connectivity index is 2.00. The van der Waals surface area contributed by atoms with E-state index in [1.807, 2.05) is 26.0 Å². The molecule has 0 aliphatic carbocycles. The van der Waals surface area contributed by atoms with E-state index in [0.717, 1.165) is 22.2 Å². The van der Waals surface area contributed by atoms with Gasteiger partial charge in [0.2, 0.25) is 0 Å². The molecule has 0 radical (unpaired) electrons. The van der Waals surface area contributed by atoms with Crippen LogP contribution in [-0.4, -0.2) is 23.7 Å². The lowest BCUT2D eigenvalue weighted by Crippen LogP contribution is -2.03. The third-order valence-electron chi connectivity index (χ3n) is 4.19. The molecule has 1 aromatic heterocycles. The Bertz CT molecular complexity index is 1030. The summed E-state index contributed by atoms with van der Waals surface area (Å²) in [7, 11) is 1.36. The maximum Gasteiger partial charge on any atom is 0.387 e. The van der Waals surface area contributed by atoms with E-state index in [9.17, 15) is 14.0 Å². The Kier molecular flexibility index (Phi) is 5.08. The van der Waals surface area contributed by atoms with Crippen molar-refractivity contribution >= 4 is 22.7 Å². The Morgan fingerprint density at radius 1 is 1.19 bits per heavy atom. The maximum atomic E-state index is 12.4. The monoisotopic (exact) mass is 369 g/mol. The number of ether oxygens (including phenoxy) is 2. The fraction of sp³-hybridized carbons (Fsp3) is 0.200. The summed E-state index contributed by atoms with van der Waals surface area (Å²) in [5.74, 6) is 0.513. The highest BCUT2D eigenvalue weighted by molar-refractivity contribution is 5.90. The van der Waals surface area contributed by atoms with Crippen molar-refractivity contribution in [3.63, 3.8) is 0 Å². The van der Waals surface area contributed by atoms with Gasteiger partial charge in [-0.05, 0) is 60.9 Å². The number of nitrogens with zero attached hydrogens (tertiary/aromatic N) is 2. The fourth-order valence-electron chi connectivity index (χ4n) is 2.68. The van der Waals surface area contributed by atoms with Gasteiger partial charge in [0, 0.05) is 0 Å². The van der Waals surface area contributed by atoms with Crippen LogP contribution < -0.4 is 9.47 Å². The number of rotatable bonds is 5. The highest BCUT2D eigenvalue weighted by atomic mass is 19.3. The van der Waals surface area contributed by atoms with Crippen LogP contribution in [0, 0.1) is 25.2 Å². The first-order valence-electron chi connectivity index (χ1n) is 8.13. The number of hydrogen-bond donors (Lipinski definition) is 1. The van der Waals surface area contributed by atoms with Crippen molar-refractivity contribution in [3.05, 3.63) is 52.8 Å². The van der Waals surface area contributed by atoms with Crippen molar-refractivity contribution in [1.82, 2.24) is 9.97 Å². The molecule has 3 rings (SSSR count). The van der Waals surface area contributed by atoms with Gasteiger partial charge in [-0.3, -0.25) is 0 Å². The first-order chi connectivity index (χ1) is 12.9. The van der Waals surface area contributed by atoms with Crippen molar-refractivity contribution < 1.29 is 18.3 Å². The van der Waals surface area contributed by atoms with Gasteiger partial charge in [0.25, 0.3) is 0 Å². The SMILES string of the molecule is COc1cc(/C=C(/C#N)c2nc3cc(C)c(C)cc3[nH]2)ccc1OC(F)F. The zero-order valence-corrected chi connectivity index (χ0v) is 15.0. The molecule has 138 valence electrons. The van der Waals surface area contributed by atoms with Crippen LogP contribution in [0.15, 0.2) is 30.3 Å². The molecule has 1 heterocycles. The molecular formula is C20H17F2N3O2. The molecule has 0 saturated heterocycles. The minimum absolute atomic E-state index is 0.0714. The normalized spacial score (nSPS) is 11.7. The van der Waals surface area contributed by atoms with E-state index in [4.69, 9.17) is 4.74 Å². The van der Waals surface area contributed by atoms with E-state index in [1.54, 1.807) is 12.1 Å². The van der Waals surface area contributed by atoms with Crippen LogP contribution in [0.2, 0.25) is 0 Å². The zero-order valence-electron chi connectivity index (χ0n) is 15.0. The molecule has 0 amide bonds. The van der Waals surface area contributed by atoms with Crippen LogP contribution in [-0.2, 0) is 0 Å². The number of allylic oxidation sites excluding steroid dienone is 1. The van der Waals surface area contributed by atoms with Crippen molar-refractivity contribution in [1.29, 1.82) is 5.26 Å². The second kappa shape index (κ2) is 7.46. The topological polar surface area (TPSA) is 70.9 Å². The van der Waals surface area contributed by atoms with E-state index >= 15 is 0 Å². The quantitative estimate of drug-likeness (QED) is 0.653. The summed E-state index contributed by atoms with van der Waals surface area (Å²) >= 11 is 0. The van der Waals surface area contributed by atoms with E-state index in [2.05, 4.69) is 20.8 Å². The average Bonchev–Trinajstić information content (AvgIpc) is 3.03. The molecule has 0 atom stereocenters. The average molecular weight is 369 g/mol. The Morgan fingerprint density at radius 2 is 1.93 bits per heavy atom. The molecule has 5 nitrogen and oxygen atoms in total. The number of benzene rings is 2. The summed E-state index contributed by atoms with van der Waals surface area (Å²) in [6.07, 6.45) is 1.60. The number of H-pyrrole nitrogens is 1. The van der Waals surface area contributed by atoms with Crippen molar-refractivity contribution in [3.8, 4) is 17.6 Å². The van der Waals surface area contributed by atoms with Crippen molar-refractivity contribution in [2.45, 2.75) is 20.5 Å². The first-order valence-corrected chi connectivity index (χ1v) is 8.13. The predicted molar refractivity (Wildman–Crippen MR) is 98.7 cm³/mol. The van der Waals surface area contributed by atoms with Crippen molar-refractivity contribution in [2.75, 3.05) is 7.11 Å². The summed E-state index contributed by atoms with van der Waals surface area (Å²) in [6.45, 7) is 1.06. The van der Waals surface area contributed by atoms with Gasteiger partial charge in [0.05, 0.1) is 23.7 Å². The minimum atomic E-state index is -2.95. The lowest BCUT2D eigenvalue weighted by atomic mass is 10.1. The van der Waals surface area contributed by atoms with Gasteiger partial charge in [-0.1, -0.05) is 6.07 Å². The number of methoxy groups -OCH3 is 1. The molecule has 1 N–H and O–H groups in total. The number of nitriles is 1. The second-order valence-corrected chi connectivity index (χ2v) is 6.00. The molecule has 0 bridgehead atoms. The molecule has 2 aromatic carbocycles. The standard InChI is InChI=1S/C20H17F2N3O2/c1-11-6-15-16(7-12(11)2)25-19(24-15)14(10-23)8-13-4-5-17(27-20(21)22)18(9-13)26-3/h4-9,20H,1-3H3,(H,24,25)/b14-8-. The molecule has 27 heavy (non-hydrogen) atoms. The van der Waals surface area contributed by atoms with Crippen LogP contribution >= 0.6 is 0 Å². The van der Waals surface area contributed by atoms with Crippen LogP contribution in [0.4, 0.5) is 8.78 Å². The van der Waals surface area contributed by atoms with E-state index in [0.29, 0.717) is 17.0 Å². The molecule has 0 unspecified atom stereocenters. The lowest BCUT2D eigenvalue weighted by molar-refractivity contribution is -0.0512. The largest absolute Gasteiger partial charge is 0.493 e. The van der Waals surface area contributed by atoms with Gasteiger partial charge < -0.3 is 14.5 Å². The molecular weight excluding hydrogens is 352 g/mol. The number of nitrogens with one attached hydrogen (secondary N) is 1. The van der Waals surface area contributed by atoms with Crippen LogP contribution in [0.1, 0.15) is 22.5 Å². The zero-order chi connectivity index (χ0) is 19.6. The Labute approximate surface area is 154 Å². The number of fused-ring (bicyclic) bond motifs is 1. The third kappa shape index (κ3) is 3.90. The molecule has 0 fully saturated rings. The van der Waals surface area contributed by atoms with Gasteiger partial charge in [-0.15, -0.1) is 0 Å².